The minimum Gasteiger partial charge on any atom is -0.392 e. The van der Waals surface area contributed by atoms with Gasteiger partial charge < -0.3 is 5.11 Å². The molecule has 1 aromatic carbocycles. The van der Waals surface area contributed by atoms with Crippen LogP contribution in [0.25, 0.3) is 0 Å². The molecule has 1 heterocycles. The van der Waals surface area contributed by atoms with Crippen molar-refractivity contribution >= 4 is 31.6 Å². The second kappa shape index (κ2) is 5.78. The molecular formula is C13H16BrN3O3S. The molecule has 0 aliphatic heterocycles. The summed E-state index contributed by atoms with van der Waals surface area (Å²) >= 11 is 3.37. The molecule has 0 unspecified atom stereocenters. The number of hydrogen-bond donors (Lipinski definition) is 3. The van der Waals surface area contributed by atoms with E-state index in [0.29, 0.717) is 11.4 Å². The van der Waals surface area contributed by atoms with E-state index < -0.39 is 16.6 Å². The molecule has 0 fully saturated rings. The number of sulfonamides is 1. The fraction of sp³-hybridized carbons (Fsp3) is 0.308. The van der Waals surface area contributed by atoms with Crippen LogP contribution in [0.1, 0.15) is 22.4 Å². The average Bonchev–Trinajstić information content (AvgIpc) is 2.75. The molecule has 2 rings (SSSR count). The molecule has 21 heavy (non-hydrogen) atoms. The molecule has 0 saturated heterocycles. The second-order valence-electron chi connectivity index (χ2n) is 4.81. The minimum absolute atomic E-state index is 0.177. The van der Waals surface area contributed by atoms with Crippen LogP contribution in [0, 0.1) is 20.8 Å². The van der Waals surface area contributed by atoms with Crippen LogP contribution in [0.3, 0.4) is 0 Å². The molecule has 1 aromatic heterocycles. The van der Waals surface area contributed by atoms with E-state index in [0.717, 1.165) is 15.6 Å². The predicted octanol–water partition coefficient (Wildman–Crippen LogP) is 2.39. The van der Waals surface area contributed by atoms with Gasteiger partial charge in [0.05, 0.1) is 12.3 Å². The third kappa shape index (κ3) is 3.12. The molecule has 114 valence electrons. The molecular weight excluding hydrogens is 358 g/mol. The number of aromatic amines is 1. The topological polar surface area (TPSA) is 95.1 Å². The lowest BCUT2D eigenvalue weighted by atomic mass is 10.1. The van der Waals surface area contributed by atoms with Crippen molar-refractivity contribution in [3.63, 3.8) is 0 Å². The third-order valence-corrected chi connectivity index (χ3v) is 4.96. The Morgan fingerprint density at radius 2 is 1.86 bits per heavy atom. The zero-order chi connectivity index (χ0) is 15.8. The minimum atomic E-state index is -3.86. The van der Waals surface area contributed by atoms with E-state index in [1.807, 2.05) is 26.0 Å². The van der Waals surface area contributed by atoms with Gasteiger partial charge in [0.1, 0.15) is 0 Å². The SMILES string of the molecule is Cc1cc(Br)cc(C)c1NS(=O)(=O)c1n[nH]c(C)c1CO. The van der Waals surface area contributed by atoms with Gasteiger partial charge in [-0.3, -0.25) is 9.82 Å². The molecule has 3 N–H and O–H groups in total. The number of nitrogens with zero attached hydrogens (tertiary/aromatic N) is 1. The molecule has 0 saturated carbocycles. The number of nitrogens with one attached hydrogen (secondary N) is 2. The highest BCUT2D eigenvalue weighted by Gasteiger charge is 2.24. The van der Waals surface area contributed by atoms with Crippen molar-refractivity contribution in [2.24, 2.45) is 0 Å². The maximum atomic E-state index is 12.5. The van der Waals surface area contributed by atoms with Gasteiger partial charge in [-0.2, -0.15) is 13.5 Å². The van der Waals surface area contributed by atoms with Crippen LogP contribution in [-0.4, -0.2) is 23.7 Å². The van der Waals surface area contributed by atoms with Crippen LogP contribution >= 0.6 is 15.9 Å². The van der Waals surface area contributed by atoms with Crippen LogP contribution in [0.5, 0.6) is 0 Å². The van der Waals surface area contributed by atoms with Gasteiger partial charge in [-0.25, -0.2) is 0 Å². The molecule has 6 nitrogen and oxygen atoms in total. The molecule has 0 aliphatic carbocycles. The summed E-state index contributed by atoms with van der Waals surface area (Å²) in [6, 6.07) is 3.65. The number of aryl methyl sites for hydroxylation is 3. The van der Waals surface area contributed by atoms with E-state index in [4.69, 9.17) is 0 Å². The van der Waals surface area contributed by atoms with Crippen molar-refractivity contribution in [3.8, 4) is 0 Å². The molecule has 0 radical (unpaired) electrons. The van der Waals surface area contributed by atoms with Crippen molar-refractivity contribution in [2.75, 3.05) is 4.72 Å². The van der Waals surface area contributed by atoms with E-state index >= 15 is 0 Å². The Morgan fingerprint density at radius 1 is 1.29 bits per heavy atom. The van der Waals surface area contributed by atoms with Crippen LogP contribution in [-0.2, 0) is 16.6 Å². The number of rotatable bonds is 4. The summed E-state index contributed by atoms with van der Waals surface area (Å²) in [6.07, 6.45) is 0. The first kappa shape index (κ1) is 16.0. The Hall–Kier alpha value is -1.38. The second-order valence-corrected chi connectivity index (χ2v) is 7.32. The zero-order valence-electron chi connectivity index (χ0n) is 11.9. The standard InChI is InChI=1S/C13H16BrN3O3S/c1-7-4-10(14)5-8(2)12(7)17-21(19,20)13-11(6-18)9(3)15-16-13/h4-5,17-18H,6H2,1-3H3,(H,15,16). The van der Waals surface area contributed by atoms with Gasteiger partial charge >= 0.3 is 0 Å². The smallest absolute Gasteiger partial charge is 0.281 e. The number of halogens is 1. The number of H-pyrrole nitrogens is 1. The summed E-state index contributed by atoms with van der Waals surface area (Å²) in [4.78, 5) is 0. The Bertz CT molecular complexity index is 761. The quantitative estimate of drug-likeness (QED) is 0.766. The van der Waals surface area contributed by atoms with Gasteiger partial charge in [-0.1, -0.05) is 15.9 Å². The van der Waals surface area contributed by atoms with Crippen molar-refractivity contribution in [1.29, 1.82) is 0 Å². The summed E-state index contributed by atoms with van der Waals surface area (Å²) in [5, 5.41) is 15.5. The zero-order valence-corrected chi connectivity index (χ0v) is 14.3. The Labute approximate surface area is 131 Å². The largest absolute Gasteiger partial charge is 0.392 e. The predicted molar refractivity (Wildman–Crippen MR) is 83.7 cm³/mol. The van der Waals surface area contributed by atoms with Gasteiger partial charge in [0.2, 0.25) is 5.03 Å². The van der Waals surface area contributed by atoms with Crippen molar-refractivity contribution in [2.45, 2.75) is 32.4 Å². The Morgan fingerprint density at radius 3 is 2.38 bits per heavy atom. The van der Waals surface area contributed by atoms with Gasteiger partial charge in [-0.15, -0.1) is 0 Å². The number of aliphatic hydroxyl groups excluding tert-OH is 1. The first-order valence-corrected chi connectivity index (χ1v) is 8.48. The van der Waals surface area contributed by atoms with Crippen LogP contribution in [0.2, 0.25) is 0 Å². The van der Waals surface area contributed by atoms with Gasteiger partial charge in [-0.05, 0) is 44.0 Å². The molecule has 0 aliphatic rings. The number of benzene rings is 1. The summed E-state index contributed by atoms with van der Waals surface area (Å²) in [7, 11) is -3.86. The lowest BCUT2D eigenvalue weighted by molar-refractivity contribution is 0.277. The Balaban J connectivity index is 2.47. The average molecular weight is 374 g/mol. The first-order valence-electron chi connectivity index (χ1n) is 6.20. The number of hydrogen-bond acceptors (Lipinski definition) is 4. The lowest BCUT2D eigenvalue weighted by Gasteiger charge is -2.13. The third-order valence-electron chi connectivity index (χ3n) is 3.18. The molecule has 8 heteroatoms. The van der Waals surface area contributed by atoms with Gasteiger partial charge in [0, 0.05) is 15.7 Å². The number of aromatic nitrogens is 2. The summed E-state index contributed by atoms with van der Waals surface area (Å²) in [5.41, 5.74) is 2.91. The van der Waals surface area contributed by atoms with Crippen molar-refractivity contribution in [1.82, 2.24) is 10.2 Å². The van der Waals surface area contributed by atoms with Crippen LogP contribution in [0.4, 0.5) is 5.69 Å². The highest BCUT2D eigenvalue weighted by atomic mass is 79.9. The van der Waals surface area contributed by atoms with Gasteiger partial charge in [0.25, 0.3) is 10.0 Å². The summed E-state index contributed by atoms with van der Waals surface area (Å²) in [5.74, 6) is 0. The van der Waals surface area contributed by atoms with Crippen LogP contribution < -0.4 is 4.72 Å². The maximum Gasteiger partial charge on any atom is 0.281 e. The van der Waals surface area contributed by atoms with E-state index in [9.17, 15) is 13.5 Å². The van der Waals surface area contributed by atoms with Crippen molar-refractivity contribution < 1.29 is 13.5 Å². The highest BCUT2D eigenvalue weighted by Crippen LogP contribution is 2.28. The van der Waals surface area contributed by atoms with E-state index in [2.05, 4.69) is 30.8 Å². The fourth-order valence-electron chi connectivity index (χ4n) is 2.09. The number of anilines is 1. The molecule has 0 amide bonds. The molecule has 0 bridgehead atoms. The highest BCUT2D eigenvalue weighted by molar-refractivity contribution is 9.10. The summed E-state index contributed by atoms with van der Waals surface area (Å²) < 4.78 is 28.4. The van der Waals surface area contributed by atoms with Gasteiger partial charge in [0.15, 0.2) is 0 Å². The normalized spacial score (nSPS) is 11.7. The first-order chi connectivity index (χ1) is 9.76. The van der Waals surface area contributed by atoms with Crippen LogP contribution in [0.15, 0.2) is 21.6 Å². The molecule has 2 aromatic rings. The van der Waals surface area contributed by atoms with Crippen molar-refractivity contribution in [3.05, 3.63) is 39.0 Å². The fourth-order valence-corrected chi connectivity index (χ4v) is 4.17. The summed E-state index contributed by atoms with van der Waals surface area (Å²) in [6.45, 7) is 4.90. The Kier molecular flexibility index (Phi) is 4.40. The maximum absolute atomic E-state index is 12.5. The van der Waals surface area contributed by atoms with E-state index in [-0.39, 0.29) is 10.6 Å². The number of aliphatic hydroxyl groups is 1. The monoisotopic (exact) mass is 373 g/mol. The lowest BCUT2D eigenvalue weighted by Crippen LogP contribution is -2.17. The van der Waals surface area contributed by atoms with E-state index in [1.54, 1.807) is 6.92 Å². The van der Waals surface area contributed by atoms with E-state index in [1.165, 1.54) is 0 Å². The molecule has 0 atom stereocenters. The molecule has 0 spiro atoms.